The number of rotatable bonds is 4. The Morgan fingerprint density at radius 2 is 1.84 bits per heavy atom. The number of anilines is 1. The Hall–Kier alpha value is -2.32. The molecule has 0 spiro atoms. The Morgan fingerprint density at radius 1 is 1.19 bits per heavy atom. The van der Waals surface area contributed by atoms with Crippen LogP contribution in [0.2, 0.25) is 13.1 Å². The third-order valence-corrected chi connectivity index (χ3v) is 6.19. The standard InChI is InChI=1S/C24H37N3O4Si/c1-23(2,3)20(31-32(8)9)18-13-15-11-10-12-17-19(15)27(18)21(28)16(14-26(17)7)25-22(29)30-24(4,5)6/h10-13,16,20,32H,14H2,1-9H3,(H,25,29)/t16-,20?/m0/s1. The van der Waals surface area contributed by atoms with Gasteiger partial charge in [0.25, 0.3) is 5.91 Å². The van der Waals surface area contributed by atoms with E-state index < -0.39 is 26.8 Å². The Bertz CT molecular complexity index is 1020. The molecule has 0 saturated heterocycles. The van der Waals surface area contributed by atoms with E-state index in [2.05, 4.69) is 45.2 Å². The lowest BCUT2D eigenvalue weighted by molar-refractivity contribution is 0.0479. The van der Waals surface area contributed by atoms with E-state index in [4.69, 9.17) is 9.16 Å². The summed E-state index contributed by atoms with van der Waals surface area (Å²) in [6, 6.07) is 7.34. The molecule has 32 heavy (non-hydrogen) atoms. The number of ether oxygens (including phenoxy) is 1. The van der Waals surface area contributed by atoms with E-state index in [-0.39, 0.29) is 17.4 Å². The summed E-state index contributed by atoms with van der Waals surface area (Å²) >= 11 is 0. The molecule has 1 N–H and O–H groups in total. The molecular formula is C24H37N3O4Si. The van der Waals surface area contributed by atoms with E-state index in [1.165, 1.54) is 0 Å². The van der Waals surface area contributed by atoms with Gasteiger partial charge in [0.2, 0.25) is 0 Å². The summed E-state index contributed by atoms with van der Waals surface area (Å²) in [5.74, 6) is -0.180. The molecule has 1 aromatic carbocycles. The smallest absolute Gasteiger partial charge is 0.408 e. The third-order valence-electron chi connectivity index (χ3n) is 5.37. The largest absolute Gasteiger partial charge is 0.444 e. The average Bonchev–Trinajstić information content (AvgIpc) is 2.96. The quantitative estimate of drug-likeness (QED) is 0.670. The van der Waals surface area contributed by atoms with Crippen LogP contribution in [0.3, 0.4) is 0 Å². The molecule has 1 aliphatic rings. The summed E-state index contributed by atoms with van der Waals surface area (Å²) in [6.45, 7) is 16.4. The first-order valence-corrected chi connectivity index (χ1v) is 14.0. The van der Waals surface area contributed by atoms with Gasteiger partial charge >= 0.3 is 6.09 Å². The molecule has 176 valence electrons. The summed E-state index contributed by atoms with van der Waals surface area (Å²) in [5.41, 5.74) is 1.78. The van der Waals surface area contributed by atoms with Crippen LogP contribution in [0.4, 0.5) is 10.5 Å². The van der Waals surface area contributed by atoms with Crippen molar-refractivity contribution >= 4 is 37.6 Å². The van der Waals surface area contributed by atoms with Crippen LogP contribution in [0, 0.1) is 5.41 Å². The van der Waals surface area contributed by atoms with Crippen molar-refractivity contribution in [1.29, 1.82) is 0 Å². The van der Waals surface area contributed by atoms with Crippen molar-refractivity contribution in [1.82, 2.24) is 9.88 Å². The number of alkyl carbamates (subject to hydrolysis) is 1. The molecule has 1 unspecified atom stereocenters. The highest BCUT2D eigenvalue weighted by Crippen LogP contribution is 2.41. The van der Waals surface area contributed by atoms with Crippen molar-refractivity contribution < 1.29 is 18.8 Å². The van der Waals surface area contributed by atoms with Gasteiger partial charge in [-0.2, -0.15) is 0 Å². The number of hydrogen-bond donors (Lipinski definition) is 1. The molecule has 1 aliphatic heterocycles. The molecule has 8 heteroatoms. The van der Waals surface area contributed by atoms with Gasteiger partial charge in [0.1, 0.15) is 11.6 Å². The second kappa shape index (κ2) is 8.55. The number of hydrogen-bond acceptors (Lipinski definition) is 5. The van der Waals surface area contributed by atoms with E-state index in [0.717, 1.165) is 22.3 Å². The molecule has 0 fully saturated rings. The van der Waals surface area contributed by atoms with Gasteiger partial charge in [-0.1, -0.05) is 32.9 Å². The minimum Gasteiger partial charge on any atom is -0.444 e. The number of carbonyl (C=O) groups is 2. The predicted molar refractivity (Wildman–Crippen MR) is 131 cm³/mol. The van der Waals surface area contributed by atoms with Gasteiger partial charge in [0.05, 0.1) is 23.0 Å². The molecule has 3 rings (SSSR count). The van der Waals surface area contributed by atoms with E-state index >= 15 is 0 Å². The molecule has 1 amide bonds. The van der Waals surface area contributed by atoms with Crippen molar-refractivity contribution in [3.05, 3.63) is 30.0 Å². The third kappa shape index (κ3) is 5.01. The van der Waals surface area contributed by atoms with Gasteiger partial charge in [-0.15, -0.1) is 0 Å². The van der Waals surface area contributed by atoms with Crippen LogP contribution in [0.5, 0.6) is 0 Å². The maximum absolute atomic E-state index is 13.9. The second-order valence-electron chi connectivity index (χ2n) is 11.0. The summed E-state index contributed by atoms with van der Waals surface area (Å²) in [7, 11) is 0.536. The predicted octanol–water partition coefficient (Wildman–Crippen LogP) is 4.71. The van der Waals surface area contributed by atoms with Crippen LogP contribution < -0.4 is 10.2 Å². The Morgan fingerprint density at radius 3 is 2.41 bits per heavy atom. The number of nitrogens with zero attached hydrogens (tertiary/aromatic N) is 2. The molecule has 7 nitrogen and oxygen atoms in total. The van der Waals surface area contributed by atoms with Crippen molar-refractivity contribution in [3.8, 4) is 0 Å². The summed E-state index contributed by atoms with van der Waals surface area (Å²) < 4.78 is 13.7. The molecule has 2 atom stereocenters. The lowest BCUT2D eigenvalue weighted by Gasteiger charge is -2.33. The van der Waals surface area contributed by atoms with Gasteiger partial charge in [-0.05, 0) is 51.4 Å². The number of carbonyl (C=O) groups excluding carboxylic acids is 2. The molecule has 0 saturated carbocycles. The summed E-state index contributed by atoms with van der Waals surface area (Å²) in [6.07, 6.45) is -0.845. The number of aromatic nitrogens is 1. The van der Waals surface area contributed by atoms with Gasteiger partial charge in [0.15, 0.2) is 9.04 Å². The molecule has 2 aromatic rings. The van der Waals surface area contributed by atoms with Crippen LogP contribution in [0.15, 0.2) is 24.3 Å². The minimum atomic E-state index is -1.40. The van der Waals surface area contributed by atoms with Crippen molar-refractivity contribution in [2.75, 3.05) is 18.5 Å². The fraction of sp³-hybridized carbons (Fsp3) is 0.583. The van der Waals surface area contributed by atoms with Gasteiger partial charge in [-0.3, -0.25) is 9.36 Å². The highest BCUT2D eigenvalue weighted by atomic mass is 28.3. The number of nitrogens with one attached hydrogen (secondary N) is 1. The zero-order valence-electron chi connectivity index (χ0n) is 20.8. The number of amides is 1. The number of likely N-dealkylation sites (N-methyl/N-ethyl adjacent to an activating group) is 1. The number of benzene rings is 1. The molecule has 1 aromatic heterocycles. The monoisotopic (exact) mass is 459 g/mol. The highest BCUT2D eigenvalue weighted by Gasteiger charge is 2.37. The maximum atomic E-state index is 13.9. The first-order valence-electron chi connectivity index (χ1n) is 11.2. The average molecular weight is 460 g/mol. The normalized spacial score (nSPS) is 18.1. The Labute approximate surface area is 192 Å². The van der Waals surface area contributed by atoms with E-state index in [1.807, 2.05) is 30.1 Å². The fourth-order valence-electron chi connectivity index (χ4n) is 4.15. The summed E-state index contributed by atoms with van der Waals surface area (Å²) in [5, 5.41) is 3.79. The Balaban J connectivity index is 2.15. The van der Waals surface area contributed by atoms with E-state index in [0.29, 0.717) is 6.54 Å². The van der Waals surface area contributed by atoms with Crippen molar-refractivity contribution in [2.24, 2.45) is 5.41 Å². The molecule has 2 heterocycles. The number of para-hydroxylation sites is 1. The minimum absolute atomic E-state index is 0.180. The molecular weight excluding hydrogens is 422 g/mol. The highest BCUT2D eigenvalue weighted by molar-refractivity contribution is 6.48. The van der Waals surface area contributed by atoms with Crippen LogP contribution in [-0.2, 0) is 9.16 Å². The SMILES string of the molecule is CN1C[C@H](NC(=O)OC(C)(C)C)C(=O)n2c(C(O[SiH](C)C)C(C)(C)C)cc3cccc1c32. The Kier molecular flexibility index (Phi) is 6.50. The molecule has 0 aliphatic carbocycles. The molecule has 0 bridgehead atoms. The van der Waals surface area contributed by atoms with Crippen LogP contribution in [-0.4, -0.2) is 50.8 Å². The van der Waals surface area contributed by atoms with Gasteiger partial charge in [-0.25, -0.2) is 4.79 Å². The second-order valence-corrected chi connectivity index (χ2v) is 13.3. The molecule has 0 radical (unpaired) electrons. The zero-order valence-corrected chi connectivity index (χ0v) is 21.9. The van der Waals surface area contributed by atoms with E-state index in [1.54, 1.807) is 25.3 Å². The lowest BCUT2D eigenvalue weighted by Crippen LogP contribution is -2.50. The first-order chi connectivity index (χ1) is 14.7. The zero-order chi connectivity index (χ0) is 24.0. The van der Waals surface area contributed by atoms with Crippen molar-refractivity contribution in [2.45, 2.75) is 72.4 Å². The summed E-state index contributed by atoms with van der Waals surface area (Å²) in [4.78, 5) is 28.4. The maximum Gasteiger partial charge on any atom is 0.408 e. The van der Waals surface area contributed by atoms with Crippen LogP contribution in [0.25, 0.3) is 10.9 Å². The van der Waals surface area contributed by atoms with Gasteiger partial charge in [0, 0.05) is 19.0 Å². The van der Waals surface area contributed by atoms with Crippen LogP contribution in [0.1, 0.15) is 58.1 Å². The fourth-order valence-corrected chi connectivity index (χ4v) is 5.25. The lowest BCUT2D eigenvalue weighted by atomic mass is 9.87. The van der Waals surface area contributed by atoms with E-state index in [9.17, 15) is 9.59 Å². The first kappa shape index (κ1) is 24.3. The van der Waals surface area contributed by atoms with Crippen molar-refractivity contribution in [3.63, 3.8) is 0 Å². The van der Waals surface area contributed by atoms with Crippen LogP contribution >= 0.6 is 0 Å². The topological polar surface area (TPSA) is 72.8 Å². The van der Waals surface area contributed by atoms with Gasteiger partial charge < -0.3 is 19.4 Å².